The van der Waals surface area contributed by atoms with Crippen molar-refractivity contribution in [3.63, 3.8) is 0 Å². The summed E-state index contributed by atoms with van der Waals surface area (Å²) in [6, 6.07) is 0. The van der Waals surface area contributed by atoms with Gasteiger partial charge in [-0.3, -0.25) is 4.79 Å². The molecule has 5 nitrogen and oxygen atoms in total. The van der Waals surface area contributed by atoms with Crippen LogP contribution in [0.25, 0.3) is 0 Å². The minimum absolute atomic E-state index is 0.0376. The van der Waals surface area contributed by atoms with E-state index in [2.05, 4.69) is 15.5 Å². The molecule has 1 N–H and O–H groups in total. The fourth-order valence-electron chi connectivity index (χ4n) is 1.19. The summed E-state index contributed by atoms with van der Waals surface area (Å²) in [5.74, 6) is 1.35. The van der Waals surface area contributed by atoms with Crippen molar-refractivity contribution in [1.29, 1.82) is 0 Å². The standard InChI is InChI=1S/C11H19N3O2/c1-11(2,3)10-13-9(16-14-10)7-5-6-8(15)12-4/h5-7H2,1-4H3,(H,12,15). The molecule has 0 bridgehead atoms. The van der Waals surface area contributed by atoms with Crippen LogP contribution in [0.2, 0.25) is 0 Å². The number of hydrogen-bond acceptors (Lipinski definition) is 4. The number of carbonyl (C=O) groups excluding carboxylic acids is 1. The third-order valence-corrected chi connectivity index (χ3v) is 2.21. The van der Waals surface area contributed by atoms with Crippen LogP contribution >= 0.6 is 0 Å². The van der Waals surface area contributed by atoms with E-state index in [1.165, 1.54) is 0 Å². The zero-order valence-corrected chi connectivity index (χ0v) is 10.3. The molecule has 1 aromatic rings. The minimum atomic E-state index is -0.0947. The Morgan fingerprint density at radius 3 is 2.62 bits per heavy atom. The molecular formula is C11H19N3O2. The Morgan fingerprint density at radius 2 is 2.12 bits per heavy atom. The van der Waals surface area contributed by atoms with Gasteiger partial charge < -0.3 is 9.84 Å². The number of amides is 1. The van der Waals surface area contributed by atoms with Crippen LogP contribution < -0.4 is 5.32 Å². The maximum absolute atomic E-state index is 11.0. The van der Waals surface area contributed by atoms with E-state index in [4.69, 9.17) is 4.52 Å². The van der Waals surface area contributed by atoms with E-state index >= 15 is 0 Å². The number of nitrogens with one attached hydrogen (secondary N) is 1. The average molecular weight is 225 g/mol. The minimum Gasteiger partial charge on any atom is -0.359 e. The van der Waals surface area contributed by atoms with Crippen molar-refractivity contribution in [2.24, 2.45) is 0 Å². The number of hydrogen-bond donors (Lipinski definition) is 1. The first-order chi connectivity index (χ1) is 7.43. The maximum atomic E-state index is 11.0. The van der Waals surface area contributed by atoms with E-state index < -0.39 is 0 Å². The molecule has 0 aliphatic carbocycles. The van der Waals surface area contributed by atoms with E-state index in [0.717, 1.165) is 6.42 Å². The molecule has 0 fully saturated rings. The maximum Gasteiger partial charge on any atom is 0.226 e. The van der Waals surface area contributed by atoms with Crippen LogP contribution in [0.4, 0.5) is 0 Å². The van der Waals surface area contributed by atoms with E-state index in [1.54, 1.807) is 7.05 Å². The second-order valence-electron chi connectivity index (χ2n) is 4.79. The van der Waals surface area contributed by atoms with Crippen molar-refractivity contribution in [2.75, 3.05) is 7.05 Å². The Kier molecular flexibility index (Phi) is 4.04. The first-order valence-electron chi connectivity index (χ1n) is 5.47. The normalized spacial score (nSPS) is 11.5. The van der Waals surface area contributed by atoms with Gasteiger partial charge in [0.2, 0.25) is 11.8 Å². The van der Waals surface area contributed by atoms with Gasteiger partial charge in [-0.05, 0) is 6.42 Å². The van der Waals surface area contributed by atoms with Gasteiger partial charge in [-0.1, -0.05) is 25.9 Å². The highest BCUT2D eigenvalue weighted by atomic mass is 16.5. The molecule has 0 spiro atoms. The lowest BCUT2D eigenvalue weighted by atomic mass is 9.96. The molecule has 0 saturated heterocycles. The zero-order valence-electron chi connectivity index (χ0n) is 10.3. The highest BCUT2D eigenvalue weighted by Crippen LogP contribution is 2.18. The van der Waals surface area contributed by atoms with Gasteiger partial charge >= 0.3 is 0 Å². The number of aromatic nitrogens is 2. The zero-order chi connectivity index (χ0) is 12.2. The molecule has 16 heavy (non-hydrogen) atoms. The lowest BCUT2D eigenvalue weighted by Crippen LogP contribution is -2.17. The Bertz CT molecular complexity index is 352. The van der Waals surface area contributed by atoms with Gasteiger partial charge in [0, 0.05) is 25.3 Å². The van der Waals surface area contributed by atoms with Gasteiger partial charge in [0.05, 0.1) is 0 Å². The Labute approximate surface area is 95.6 Å². The van der Waals surface area contributed by atoms with E-state index in [9.17, 15) is 4.79 Å². The van der Waals surface area contributed by atoms with Crippen molar-refractivity contribution in [2.45, 2.75) is 45.4 Å². The van der Waals surface area contributed by atoms with Crippen LogP contribution in [-0.2, 0) is 16.6 Å². The largest absolute Gasteiger partial charge is 0.359 e. The fourth-order valence-corrected chi connectivity index (χ4v) is 1.19. The van der Waals surface area contributed by atoms with Gasteiger partial charge in [-0.15, -0.1) is 0 Å². The quantitative estimate of drug-likeness (QED) is 0.841. The second-order valence-corrected chi connectivity index (χ2v) is 4.79. The smallest absolute Gasteiger partial charge is 0.226 e. The molecule has 1 amide bonds. The molecule has 1 heterocycles. The molecule has 0 radical (unpaired) electrons. The molecule has 0 saturated carbocycles. The Hall–Kier alpha value is -1.39. The lowest BCUT2D eigenvalue weighted by Gasteiger charge is -2.10. The summed E-state index contributed by atoms with van der Waals surface area (Å²) >= 11 is 0. The number of aryl methyl sites for hydroxylation is 1. The summed E-state index contributed by atoms with van der Waals surface area (Å²) in [4.78, 5) is 15.3. The van der Waals surface area contributed by atoms with E-state index in [0.29, 0.717) is 24.6 Å². The highest BCUT2D eigenvalue weighted by molar-refractivity contribution is 5.75. The van der Waals surface area contributed by atoms with E-state index in [-0.39, 0.29) is 11.3 Å². The van der Waals surface area contributed by atoms with Crippen LogP contribution in [-0.4, -0.2) is 23.1 Å². The molecule has 1 aromatic heterocycles. The summed E-state index contributed by atoms with van der Waals surface area (Å²) in [5.41, 5.74) is -0.0947. The molecular weight excluding hydrogens is 206 g/mol. The average Bonchev–Trinajstić information content (AvgIpc) is 2.65. The van der Waals surface area contributed by atoms with Crippen molar-refractivity contribution in [3.05, 3.63) is 11.7 Å². The number of carbonyl (C=O) groups is 1. The topological polar surface area (TPSA) is 68.0 Å². The predicted octanol–water partition coefficient (Wildman–Crippen LogP) is 1.44. The Morgan fingerprint density at radius 1 is 1.44 bits per heavy atom. The van der Waals surface area contributed by atoms with Crippen LogP contribution in [0.1, 0.15) is 45.3 Å². The van der Waals surface area contributed by atoms with Crippen molar-refractivity contribution in [3.8, 4) is 0 Å². The first-order valence-corrected chi connectivity index (χ1v) is 5.47. The van der Waals surface area contributed by atoms with Gasteiger partial charge in [-0.2, -0.15) is 4.98 Å². The Balaban J connectivity index is 2.44. The fraction of sp³-hybridized carbons (Fsp3) is 0.727. The van der Waals surface area contributed by atoms with Gasteiger partial charge in [-0.25, -0.2) is 0 Å². The highest BCUT2D eigenvalue weighted by Gasteiger charge is 2.20. The lowest BCUT2D eigenvalue weighted by molar-refractivity contribution is -0.120. The molecule has 0 aliphatic heterocycles. The van der Waals surface area contributed by atoms with Crippen molar-refractivity contribution < 1.29 is 9.32 Å². The SMILES string of the molecule is CNC(=O)CCCc1nc(C(C)(C)C)no1. The summed E-state index contributed by atoms with van der Waals surface area (Å²) in [7, 11) is 1.63. The monoisotopic (exact) mass is 225 g/mol. The summed E-state index contributed by atoms with van der Waals surface area (Å²) in [6.45, 7) is 6.10. The molecule has 0 atom stereocenters. The van der Waals surface area contributed by atoms with Gasteiger partial charge in [0.1, 0.15) is 0 Å². The number of rotatable bonds is 4. The molecule has 0 unspecified atom stereocenters. The molecule has 90 valence electrons. The van der Waals surface area contributed by atoms with Crippen LogP contribution in [0, 0.1) is 0 Å². The number of nitrogens with zero attached hydrogens (tertiary/aromatic N) is 2. The van der Waals surface area contributed by atoms with Crippen molar-refractivity contribution >= 4 is 5.91 Å². The molecule has 5 heteroatoms. The van der Waals surface area contributed by atoms with Crippen LogP contribution in [0.15, 0.2) is 4.52 Å². The first kappa shape index (κ1) is 12.7. The summed E-state index contributed by atoms with van der Waals surface area (Å²) in [6.07, 6.45) is 1.87. The van der Waals surface area contributed by atoms with Crippen molar-refractivity contribution in [1.82, 2.24) is 15.5 Å². The van der Waals surface area contributed by atoms with Crippen LogP contribution in [0.3, 0.4) is 0 Å². The second kappa shape index (κ2) is 5.09. The predicted molar refractivity (Wildman–Crippen MR) is 60.0 cm³/mol. The molecule has 1 rings (SSSR count). The summed E-state index contributed by atoms with van der Waals surface area (Å²) < 4.78 is 5.11. The molecule has 0 aliphatic rings. The van der Waals surface area contributed by atoms with Gasteiger partial charge in [0.25, 0.3) is 0 Å². The third kappa shape index (κ3) is 3.64. The summed E-state index contributed by atoms with van der Waals surface area (Å²) in [5, 5.41) is 6.49. The third-order valence-electron chi connectivity index (χ3n) is 2.21. The van der Waals surface area contributed by atoms with Gasteiger partial charge in [0.15, 0.2) is 5.82 Å². The molecule has 0 aromatic carbocycles. The van der Waals surface area contributed by atoms with Crippen LogP contribution in [0.5, 0.6) is 0 Å². The van der Waals surface area contributed by atoms with E-state index in [1.807, 2.05) is 20.8 Å².